The summed E-state index contributed by atoms with van der Waals surface area (Å²) < 4.78 is 33.0. The fourth-order valence-electron chi connectivity index (χ4n) is 3.37. The third kappa shape index (κ3) is 6.42. The van der Waals surface area contributed by atoms with Gasteiger partial charge in [-0.25, -0.2) is 13.1 Å². The molecule has 1 amide bonds. The number of aryl methyl sites for hydroxylation is 1. The van der Waals surface area contributed by atoms with Crippen LogP contribution in [0, 0.1) is 0 Å². The van der Waals surface area contributed by atoms with Crippen LogP contribution in [-0.2, 0) is 27.8 Å². The molecule has 0 saturated heterocycles. The smallest absolute Gasteiger partial charge is 0.240 e. The Morgan fingerprint density at radius 2 is 1.56 bits per heavy atom. The number of carbonyl (C=O) groups excluding carboxylic acids is 1. The molecule has 2 N–H and O–H groups in total. The summed E-state index contributed by atoms with van der Waals surface area (Å²) >= 11 is 0. The Hall–Kier alpha value is -3.16. The van der Waals surface area contributed by atoms with Gasteiger partial charge in [0.1, 0.15) is 5.75 Å². The zero-order chi connectivity index (χ0) is 23.0. The lowest BCUT2D eigenvalue weighted by molar-refractivity contribution is -0.121. The van der Waals surface area contributed by atoms with Crippen LogP contribution in [0.25, 0.3) is 0 Å². The molecule has 0 aliphatic rings. The van der Waals surface area contributed by atoms with E-state index < -0.39 is 10.0 Å². The number of carbonyl (C=O) groups is 1. The van der Waals surface area contributed by atoms with Gasteiger partial charge in [-0.05, 0) is 42.7 Å². The van der Waals surface area contributed by atoms with Crippen molar-refractivity contribution in [1.29, 1.82) is 0 Å². The van der Waals surface area contributed by atoms with Crippen LogP contribution >= 0.6 is 0 Å². The highest BCUT2D eigenvalue weighted by molar-refractivity contribution is 7.89. The van der Waals surface area contributed by atoms with Crippen LogP contribution in [0.4, 0.5) is 0 Å². The summed E-state index contributed by atoms with van der Waals surface area (Å²) in [6.07, 6.45) is 0.820. The standard InChI is InChI=1S/C25H28N2O4S/c1-19(23-10-6-7-11-24(23)31-2)27-25(28)17-14-20-12-15-22(16-13-20)32(29,30)26-18-21-8-4-3-5-9-21/h3-13,15-16,19,26H,14,17-18H2,1-2H3,(H,27,28)/t19-/m1/s1. The Bertz CT molecular complexity index is 1130. The Morgan fingerprint density at radius 1 is 0.906 bits per heavy atom. The first-order valence-electron chi connectivity index (χ1n) is 10.4. The second kappa shape index (κ2) is 10.9. The molecular weight excluding hydrogens is 424 g/mol. The highest BCUT2D eigenvalue weighted by Crippen LogP contribution is 2.24. The molecule has 0 saturated carbocycles. The lowest BCUT2D eigenvalue weighted by Crippen LogP contribution is -2.27. The largest absolute Gasteiger partial charge is 0.496 e. The minimum atomic E-state index is -3.60. The maximum absolute atomic E-state index is 12.5. The molecule has 32 heavy (non-hydrogen) atoms. The lowest BCUT2D eigenvalue weighted by Gasteiger charge is -2.17. The predicted octanol–water partition coefficient (Wildman–Crippen LogP) is 3.98. The number of amides is 1. The van der Waals surface area contributed by atoms with Crippen molar-refractivity contribution in [2.45, 2.75) is 37.2 Å². The molecule has 0 spiro atoms. The average molecular weight is 453 g/mol. The molecule has 0 heterocycles. The monoisotopic (exact) mass is 452 g/mol. The van der Waals surface area contributed by atoms with E-state index in [1.807, 2.05) is 61.5 Å². The number of nitrogens with one attached hydrogen (secondary N) is 2. The number of ether oxygens (including phenoxy) is 1. The van der Waals surface area contributed by atoms with Gasteiger partial charge in [-0.15, -0.1) is 0 Å². The third-order valence-electron chi connectivity index (χ3n) is 5.17. The lowest BCUT2D eigenvalue weighted by atomic mass is 10.1. The average Bonchev–Trinajstić information content (AvgIpc) is 2.82. The topological polar surface area (TPSA) is 84.5 Å². The van der Waals surface area contributed by atoms with Crippen molar-refractivity contribution < 1.29 is 17.9 Å². The molecule has 3 aromatic carbocycles. The predicted molar refractivity (Wildman–Crippen MR) is 125 cm³/mol. The summed E-state index contributed by atoms with van der Waals surface area (Å²) in [5, 5.41) is 2.98. The summed E-state index contributed by atoms with van der Waals surface area (Å²) in [5.74, 6) is 0.655. The van der Waals surface area contributed by atoms with Crippen molar-refractivity contribution in [2.24, 2.45) is 0 Å². The summed E-state index contributed by atoms with van der Waals surface area (Å²) in [4.78, 5) is 12.6. The number of hydrogen-bond acceptors (Lipinski definition) is 4. The number of methoxy groups -OCH3 is 1. The first kappa shape index (κ1) is 23.5. The number of sulfonamides is 1. The second-order valence-corrected chi connectivity index (χ2v) is 9.25. The third-order valence-corrected chi connectivity index (χ3v) is 6.58. The maximum Gasteiger partial charge on any atom is 0.240 e. The molecular formula is C25H28N2O4S. The molecule has 7 heteroatoms. The molecule has 0 fully saturated rings. The van der Waals surface area contributed by atoms with Crippen molar-refractivity contribution in [2.75, 3.05) is 7.11 Å². The number of hydrogen-bond donors (Lipinski definition) is 2. The van der Waals surface area contributed by atoms with Crippen LogP contribution in [0.5, 0.6) is 5.75 Å². The normalized spacial score (nSPS) is 12.2. The summed E-state index contributed by atoms with van der Waals surface area (Å²) in [7, 11) is -2.00. The van der Waals surface area contributed by atoms with Gasteiger partial charge in [-0.3, -0.25) is 4.79 Å². The summed E-state index contributed by atoms with van der Waals surface area (Å²) in [5.41, 5.74) is 2.70. The fraction of sp³-hybridized carbons (Fsp3) is 0.240. The van der Waals surface area contributed by atoms with Gasteiger partial charge in [0.2, 0.25) is 15.9 Å². The van der Waals surface area contributed by atoms with Crippen molar-refractivity contribution in [1.82, 2.24) is 10.0 Å². The van der Waals surface area contributed by atoms with Crippen LogP contribution in [0.3, 0.4) is 0 Å². The highest BCUT2D eigenvalue weighted by Gasteiger charge is 2.15. The minimum absolute atomic E-state index is 0.0790. The van der Waals surface area contributed by atoms with E-state index in [-0.39, 0.29) is 23.4 Å². The number of rotatable bonds is 10. The van der Waals surface area contributed by atoms with Gasteiger partial charge in [0.25, 0.3) is 0 Å². The van der Waals surface area contributed by atoms with Crippen LogP contribution in [-0.4, -0.2) is 21.4 Å². The van der Waals surface area contributed by atoms with E-state index in [1.54, 1.807) is 31.4 Å². The van der Waals surface area contributed by atoms with E-state index in [0.29, 0.717) is 12.8 Å². The molecule has 0 aliphatic carbocycles. The second-order valence-electron chi connectivity index (χ2n) is 7.49. The fourth-order valence-corrected chi connectivity index (χ4v) is 4.38. The molecule has 3 rings (SSSR count). The first-order valence-corrected chi connectivity index (χ1v) is 11.9. The maximum atomic E-state index is 12.5. The van der Waals surface area contributed by atoms with Gasteiger partial charge < -0.3 is 10.1 Å². The van der Waals surface area contributed by atoms with E-state index in [0.717, 1.165) is 22.4 Å². The van der Waals surface area contributed by atoms with Crippen molar-refractivity contribution >= 4 is 15.9 Å². The SMILES string of the molecule is COc1ccccc1[C@@H](C)NC(=O)CCc1ccc(S(=O)(=O)NCc2ccccc2)cc1. The van der Waals surface area contributed by atoms with Gasteiger partial charge in [-0.2, -0.15) is 0 Å². The molecule has 0 bridgehead atoms. The molecule has 1 atom stereocenters. The van der Waals surface area contributed by atoms with Crippen LogP contribution < -0.4 is 14.8 Å². The van der Waals surface area contributed by atoms with Crippen LogP contribution in [0.2, 0.25) is 0 Å². The van der Waals surface area contributed by atoms with Crippen molar-refractivity contribution in [3.63, 3.8) is 0 Å². The van der Waals surface area contributed by atoms with Crippen molar-refractivity contribution in [3.8, 4) is 5.75 Å². The molecule has 0 radical (unpaired) electrons. The summed E-state index contributed by atoms with van der Waals surface area (Å²) in [6, 6.07) is 23.4. The number of para-hydroxylation sites is 1. The summed E-state index contributed by atoms with van der Waals surface area (Å²) in [6.45, 7) is 2.15. The van der Waals surface area contributed by atoms with E-state index >= 15 is 0 Å². The molecule has 0 aliphatic heterocycles. The van der Waals surface area contributed by atoms with Gasteiger partial charge in [0.15, 0.2) is 0 Å². The molecule has 168 valence electrons. The Morgan fingerprint density at radius 3 is 2.25 bits per heavy atom. The molecule has 3 aromatic rings. The quantitative estimate of drug-likeness (QED) is 0.487. The van der Waals surface area contributed by atoms with E-state index in [4.69, 9.17) is 4.74 Å². The zero-order valence-electron chi connectivity index (χ0n) is 18.2. The minimum Gasteiger partial charge on any atom is -0.496 e. The van der Waals surface area contributed by atoms with Gasteiger partial charge in [0, 0.05) is 18.5 Å². The van der Waals surface area contributed by atoms with Gasteiger partial charge >= 0.3 is 0 Å². The Labute approximate surface area is 189 Å². The molecule has 0 aromatic heterocycles. The van der Waals surface area contributed by atoms with Crippen LogP contribution in [0.1, 0.15) is 36.1 Å². The van der Waals surface area contributed by atoms with Crippen molar-refractivity contribution in [3.05, 3.63) is 95.6 Å². The first-order chi connectivity index (χ1) is 15.4. The van der Waals surface area contributed by atoms with Crippen LogP contribution in [0.15, 0.2) is 83.8 Å². The van der Waals surface area contributed by atoms with E-state index in [2.05, 4.69) is 10.0 Å². The molecule has 6 nitrogen and oxygen atoms in total. The Balaban J connectivity index is 1.52. The van der Waals surface area contributed by atoms with Gasteiger partial charge in [-0.1, -0.05) is 60.7 Å². The van der Waals surface area contributed by atoms with E-state index in [9.17, 15) is 13.2 Å². The van der Waals surface area contributed by atoms with E-state index in [1.165, 1.54) is 0 Å². The van der Waals surface area contributed by atoms with Gasteiger partial charge in [0.05, 0.1) is 18.0 Å². The highest BCUT2D eigenvalue weighted by atomic mass is 32.2. The Kier molecular flexibility index (Phi) is 8.03. The zero-order valence-corrected chi connectivity index (χ0v) is 19.1. The number of benzene rings is 3. The molecule has 0 unspecified atom stereocenters.